The number of halogens is 1. The predicted octanol–water partition coefficient (Wildman–Crippen LogP) is 4.05. The third-order valence-electron chi connectivity index (χ3n) is 6.17. The molecule has 3 aliphatic heterocycles. The summed E-state index contributed by atoms with van der Waals surface area (Å²) in [7, 11) is 0. The summed E-state index contributed by atoms with van der Waals surface area (Å²) in [6.07, 6.45) is 3.45. The molecule has 1 amide bonds. The first-order valence-electron chi connectivity index (χ1n) is 10.6. The highest BCUT2D eigenvalue weighted by Crippen LogP contribution is 2.31. The van der Waals surface area contributed by atoms with Crippen LogP contribution in [0.1, 0.15) is 23.1 Å². The summed E-state index contributed by atoms with van der Waals surface area (Å²) in [6.45, 7) is 5.11. The number of carbonyl (C=O) groups excluding carboxylic acids is 1. The highest BCUT2D eigenvalue weighted by atomic mass is 35.5. The van der Waals surface area contributed by atoms with Crippen LogP contribution >= 0.6 is 23.5 Å². The summed E-state index contributed by atoms with van der Waals surface area (Å²) in [6, 6.07) is 12.6. The van der Waals surface area contributed by atoms with E-state index < -0.39 is 0 Å². The van der Waals surface area contributed by atoms with Gasteiger partial charge >= 0.3 is 0 Å². The van der Waals surface area contributed by atoms with Gasteiger partial charge in [0, 0.05) is 66.7 Å². The zero-order chi connectivity index (χ0) is 20.5. The molecular weight excluding hydrogens is 416 g/mol. The van der Waals surface area contributed by atoms with Gasteiger partial charge in [0.1, 0.15) is 5.84 Å². The van der Waals surface area contributed by atoms with E-state index in [1.165, 1.54) is 16.3 Å². The van der Waals surface area contributed by atoms with Crippen LogP contribution in [0.15, 0.2) is 45.7 Å². The van der Waals surface area contributed by atoms with Crippen molar-refractivity contribution in [2.24, 2.45) is 4.40 Å². The van der Waals surface area contributed by atoms with Gasteiger partial charge in [-0.25, -0.2) is 0 Å². The minimum absolute atomic E-state index is 0.0528. The van der Waals surface area contributed by atoms with Gasteiger partial charge in [0.15, 0.2) is 0 Å². The summed E-state index contributed by atoms with van der Waals surface area (Å²) in [5.41, 5.74) is 4.47. The van der Waals surface area contributed by atoms with E-state index in [0.29, 0.717) is 6.42 Å². The molecule has 1 saturated heterocycles. The third kappa shape index (κ3) is 4.22. The first-order chi connectivity index (χ1) is 14.7. The summed E-state index contributed by atoms with van der Waals surface area (Å²) in [5.74, 6) is 1.28. The van der Waals surface area contributed by atoms with Gasteiger partial charge in [0.25, 0.3) is 0 Å². The molecule has 3 aliphatic rings. The monoisotopic (exact) mass is 440 g/mol. The maximum atomic E-state index is 11.6. The molecule has 156 valence electrons. The zero-order valence-electron chi connectivity index (χ0n) is 16.9. The van der Waals surface area contributed by atoms with Crippen molar-refractivity contribution < 1.29 is 4.79 Å². The maximum Gasteiger partial charge on any atom is 0.228 e. The van der Waals surface area contributed by atoms with Crippen molar-refractivity contribution in [2.45, 2.75) is 30.6 Å². The topological polar surface area (TPSA) is 47.9 Å². The van der Waals surface area contributed by atoms with E-state index in [1.807, 2.05) is 6.07 Å². The Labute approximate surface area is 186 Å². The van der Waals surface area contributed by atoms with Gasteiger partial charge in [-0.2, -0.15) is 4.40 Å². The van der Waals surface area contributed by atoms with Crippen LogP contribution in [-0.4, -0.2) is 54.3 Å². The fourth-order valence-electron chi connectivity index (χ4n) is 4.41. The van der Waals surface area contributed by atoms with E-state index in [9.17, 15) is 4.79 Å². The molecule has 30 heavy (non-hydrogen) atoms. The Balaban J connectivity index is 1.14. The largest absolute Gasteiger partial charge is 0.357 e. The number of benzene rings is 2. The van der Waals surface area contributed by atoms with Crippen LogP contribution in [0.2, 0.25) is 5.02 Å². The Kier molecular flexibility index (Phi) is 5.72. The lowest BCUT2D eigenvalue weighted by Crippen LogP contribution is -2.49. The minimum atomic E-state index is 0.0528. The van der Waals surface area contributed by atoms with E-state index in [2.05, 4.69) is 45.4 Å². The van der Waals surface area contributed by atoms with Crippen LogP contribution in [0.4, 0.5) is 5.69 Å². The van der Waals surface area contributed by atoms with Crippen molar-refractivity contribution in [1.82, 2.24) is 9.80 Å². The van der Waals surface area contributed by atoms with Crippen molar-refractivity contribution in [3.8, 4) is 0 Å². The second-order valence-corrected chi connectivity index (χ2v) is 9.32. The smallest absolute Gasteiger partial charge is 0.228 e. The number of nitrogens with zero attached hydrogens (tertiary/aromatic N) is 3. The van der Waals surface area contributed by atoms with Gasteiger partial charge in [-0.15, -0.1) is 0 Å². The first-order valence-corrected chi connectivity index (χ1v) is 11.7. The van der Waals surface area contributed by atoms with Gasteiger partial charge in [-0.05, 0) is 41.7 Å². The fraction of sp³-hybridized carbons (Fsp3) is 0.391. The third-order valence-corrected chi connectivity index (χ3v) is 7.42. The van der Waals surface area contributed by atoms with Crippen LogP contribution in [0.25, 0.3) is 0 Å². The summed E-state index contributed by atoms with van der Waals surface area (Å²) < 4.78 is 4.85. The Morgan fingerprint density at radius 1 is 1.07 bits per heavy atom. The predicted molar refractivity (Wildman–Crippen MR) is 124 cm³/mol. The molecule has 2 aromatic carbocycles. The van der Waals surface area contributed by atoms with Crippen molar-refractivity contribution in [3.63, 3.8) is 0 Å². The van der Waals surface area contributed by atoms with Crippen molar-refractivity contribution in [1.29, 1.82) is 0 Å². The van der Waals surface area contributed by atoms with Crippen LogP contribution in [0, 0.1) is 0 Å². The standard InChI is InChI=1S/C23H25ClN4OS/c24-19-15-20-18(14-23(29)25-20)13-17(19)7-8-27-9-11-28(12-10-27)22-6-5-16-3-1-2-4-21(16)30-26-22/h1-4,13,15H,5-12,14H2,(H,25,29). The van der Waals surface area contributed by atoms with E-state index in [-0.39, 0.29) is 5.91 Å². The van der Waals surface area contributed by atoms with Gasteiger partial charge in [-0.3, -0.25) is 9.69 Å². The number of fused-ring (bicyclic) bond motifs is 2. The quantitative estimate of drug-likeness (QED) is 0.731. The van der Waals surface area contributed by atoms with Gasteiger partial charge < -0.3 is 10.2 Å². The number of amides is 1. The molecule has 0 aromatic heterocycles. The zero-order valence-corrected chi connectivity index (χ0v) is 18.4. The Morgan fingerprint density at radius 2 is 1.90 bits per heavy atom. The molecule has 0 spiro atoms. The summed E-state index contributed by atoms with van der Waals surface area (Å²) >= 11 is 8.08. The highest BCUT2D eigenvalue weighted by Gasteiger charge is 2.23. The second-order valence-electron chi connectivity index (χ2n) is 8.11. The van der Waals surface area contributed by atoms with Crippen molar-refractivity contribution in [3.05, 3.63) is 58.1 Å². The minimum Gasteiger partial charge on any atom is -0.357 e. The molecular formula is C23H25ClN4OS. The maximum absolute atomic E-state index is 11.6. The molecule has 0 saturated carbocycles. The average molecular weight is 441 g/mol. The van der Waals surface area contributed by atoms with E-state index in [0.717, 1.165) is 73.8 Å². The van der Waals surface area contributed by atoms with E-state index in [1.54, 1.807) is 11.9 Å². The number of nitrogens with one attached hydrogen (secondary N) is 1. The summed E-state index contributed by atoms with van der Waals surface area (Å²) in [4.78, 5) is 17.8. The Hall–Kier alpha value is -2.02. The van der Waals surface area contributed by atoms with Gasteiger partial charge in [0.2, 0.25) is 5.91 Å². The molecule has 0 aliphatic carbocycles. The molecule has 2 aromatic rings. The van der Waals surface area contributed by atoms with Gasteiger partial charge in [-0.1, -0.05) is 35.9 Å². The number of anilines is 1. The normalized spacial score (nSPS) is 19.0. The molecule has 5 nitrogen and oxygen atoms in total. The molecule has 3 heterocycles. The molecule has 1 fully saturated rings. The molecule has 0 radical (unpaired) electrons. The van der Waals surface area contributed by atoms with E-state index in [4.69, 9.17) is 16.0 Å². The average Bonchev–Trinajstić information content (AvgIpc) is 2.98. The number of aryl methyl sites for hydroxylation is 1. The molecule has 0 unspecified atom stereocenters. The Bertz CT molecular complexity index is 1000. The lowest BCUT2D eigenvalue weighted by Gasteiger charge is -2.36. The molecule has 7 heteroatoms. The molecule has 1 N–H and O–H groups in total. The lowest BCUT2D eigenvalue weighted by atomic mass is 10.1. The second kappa shape index (κ2) is 8.61. The van der Waals surface area contributed by atoms with Crippen molar-refractivity contribution >= 4 is 41.0 Å². The van der Waals surface area contributed by atoms with Gasteiger partial charge in [0.05, 0.1) is 6.42 Å². The highest BCUT2D eigenvalue weighted by molar-refractivity contribution is 7.98. The Morgan fingerprint density at radius 3 is 2.77 bits per heavy atom. The number of hydrogen-bond donors (Lipinski definition) is 1. The lowest BCUT2D eigenvalue weighted by molar-refractivity contribution is -0.115. The number of hydrogen-bond acceptors (Lipinski definition) is 5. The molecule has 5 rings (SSSR count). The fourth-order valence-corrected chi connectivity index (χ4v) is 5.50. The van der Waals surface area contributed by atoms with Crippen LogP contribution in [-0.2, 0) is 24.1 Å². The SMILES string of the molecule is O=C1Cc2cc(CCN3CCN(C4=NSc5ccccc5CC4)CC3)c(Cl)cc2N1. The number of piperazine rings is 1. The van der Waals surface area contributed by atoms with E-state index >= 15 is 0 Å². The van der Waals surface area contributed by atoms with Crippen LogP contribution in [0.5, 0.6) is 0 Å². The molecule has 0 atom stereocenters. The van der Waals surface area contributed by atoms with Crippen LogP contribution < -0.4 is 5.32 Å². The first kappa shape index (κ1) is 19.9. The number of carbonyl (C=O) groups is 1. The van der Waals surface area contributed by atoms with Crippen LogP contribution in [0.3, 0.4) is 0 Å². The van der Waals surface area contributed by atoms with Crippen molar-refractivity contribution in [2.75, 3.05) is 38.0 Å². The molecule has 0 bridgehead atoms. The number of rotatable bonds is 3. The number of amidine groups is 1. The summed E-state index contributed by atoms with van der Waals surface area (Å²) in [5, 5.41) is 3.61.